The predicted molar refractivity (Wildman–Crippen MR) is 99.0 cm³/mol. The Morgan fingerprint density at radius 3 is 2.69 bits per heavy atom. The molecular weight excluding hydrogens is 354 g/mol. The van der Waals surface area contributed by atoms with Crippen molar-refractivity contribution < 1.29 is 19.1 Å². The van der Waals surface area contributed by atoms with E-state index in [1.807, 2.05) is 30.3 Å². The summed E-state index contributed by atoms with van der Waals surface area (Å²) in [6, 6.07) is 9.53. The van der Waals surface area contributed by atoms with Gasteiger partial charge in [-0.2, -0.15) is 0 Å². The van der Waals surface area contributed by atoms with Gasteiger partial charge in [0.15, 0.2) is 5.69 Å². The predicted octanol–water partition coefficient (Wildman–Crippen LogP) is 2.68. The molecule has 0 unspecified atom stereocenters. The molecule has 26 heavy (non-hydrogen) atoms. The number of nitrogens with one attached hydrogen (secondary N) is 1. The number of urea groups is 1. The van der Waals surface area contributed by atoms with Gasteiger partial charge in [0.25, 0.3) is 0 Å². The van der Waals surface area contributed by atoms with E-state index >= 15 is 0 Å². The van der Waals surface area contributed by atoms with E-state index in [1.165, 1.54) is 18.4 Å². The zero-order valence-electron chi connectivity index (χ0n) is 14.9. The summed E-state index contributed by atoms with van der Waals surface area (Å²) < 4.78 is 9.73. The Hall–Kier alpha value is -2.45. The summed E-state index contributed by atoms with van der Waals surface area (Å²) in [5, 5.41) is 5.23. The van der Waals surface area contributed by atoms with Crippen molar-refractivity contribution >= 4 is 23.3 Å². The van der Waals surface area contributed by atoms with Gasteiger partial charge in [-0.3, -0.25) is 0 Å². The quantitative estimate of drug-likeness (QED) is 0.537. The number of hydrogen-bond donors (Lipinski definition) is 1. The number of methoxy groups -OCH3 is 2. The van der Waals surface area contributed by atoms with Crippen molar-refractivity contribution in [3.8, 4) is 0 Å². The smallest absolute Gasteiger partial charge is 0.357 e. The number of aromatic nitrogens is 1. The Balaban J connectivity index is 1.98. The number of thiazole rings is 1. The lowest BCUT2D eigenvalue weighted by atomic mass is 10.2. The summed E-state index contributed by atoms with van der Waals surface area (Å²) >= 11 is 1.33. The molecule has 0 aliphatic heterocycles. The second-order valence-electron chi connectivity index (χ2n) is 5.53. The SMILES string of the molecule is COCCCN(Cc1nc(C(=O)OC)cs1)C(=O)NCc1ccccc1. The molecule has 1 aromatic heterocycles. The summed E-state index contributed by atoms with van der Waals surface area (Å²) in [4.78, 5) is 30.0. The van der Waals surface area contributed by atoms with Crippen LogP contribution in [-0.4, -0.2) is 49.3 Å². The van der Waals surface area contributed by atoms with E-state index in [-0.39, 0.29) is 11.7 Å². The molecule has 0 spiro atoms. The Labute approximate surface area is 156 Å². The molecule has 1 heterocycles. The van der Waals surface area contributed by atoms with Crippen LogP contribution in [0.2, 0.25) is 0 Å². The van der Waals surface area contributed by atoms with Gasteiger partial charge in [0.2, 0.25) is 0 Å². The molecular formula is C18H23N3O4S. The monoisotopic (exact) mass is 377 g/mol. The number of nitrogens with zero attached hydrogens (tertiary/aromatic N) is 2. The van der Waals surface area contributed by atoms with Gasteiger partial charge in [-0.15, -0.1) is 11.3 Å². The number of carbonyl (C=O) groups is 2. The molecule has 7 nitrogen and oxygen atoms in total. The maximum absolute atomic E-state index is 12.6. The highest BCUT2D eigenvalue weighted by molar-refractivity contribution is 7.09. The van der Waals surface area contributed by atoms with Crippen molar-refractivity contribution in [2.45, 2.75) is 19.5 Å². The minimum absolute atomic E-state index is 0.181. The molecule has 0 saturated carbocycles. The number of benzene rings is 1. The summed E-state index contributed by atoms with van der Waals surface area (Å²) in [6.45, 7) is 1.87. The van der Waals surface area contributed by atoms with Crippen LogP contribution in [0.1, 0.15) is 27.5 Å². The third-order valence-corrected chi connectivity index (χ3v) is 4.46. The molecule has 2 rings (SSSR count). The van der Waals surface area contributed by atoms with Crippen molar-refractivity contribution in [1.82, 2.24) is 15.2 Å². The summed E-state index contributed by atoms with van der Waals surface area (Å²) in [5.41, 5.74) is 1.29. The van der Waals surface area contributed by atoms with Gasteiger partial charge in [-0.1, -0.05) is 30.3 Å². The molecule has 1 aromatic carbocycles. The standard InChI is InChI=1S/C18H23N3O4S/c1-24-10-6-9-21(12-16-20-15(13-26-16)17(22)25-2)18(23)19-11-14-7-4-3-5-8-14/h3-5,7-8,13H,6,9-12H2,1-2H3,(H,19,23). The fourth-order valence-electron chi connectivity index (χ4n) is 2.28. The van der Waals surface area contributed by atoms with E-state index in [2.05, 4.69) is 15.0 Å². The maximum Gasteiger partial charge on any atom is 0.357 e. The van der Waals surface area contributed by atoms with Crippen LogP contribution >= 0.6 is 11.3 Å². The van der Waals surface area contributed by atoms with Gasteiger partial charge in [0, 0.05) is 32.2 Å². The average molecular weight is 377 g/mol. The number of carbonyl (C=O) groups excluding carboxylic acids is 2. The van der Waals surface area contributed by atoms with Crippen molar-refractivity contribution in [2.24, 2.45) is 0 Å². The molecule has 8 heteroatoms. The lowest BCUT2D eigenvalue weighted by Crippen LogP contribution is -2.40. The van der Waals surface area contributed by atoms with Crippen molar-refractivity contribution in [3.63, 3.8) is 0 Å². The topological polar surface area (TPSA) is 80.8 Å². The first-order valence-electron chi connectivity index (χ1n) is 8.22. The van der Waals surface area contributed by atoms with Gasteiger partial charge < -0.3 is 19.7 Å². The zero-order chi connectivity index (χ0) is 18.8. The molecule has 0 aliphatic carbocycles. The summed E-state index contributed by atoms with van der Waals surface area (Å²) in [5.74, 6) is -0.480. The second-order valence-corrected chi connectivity index (χ2v) is 6.47. The van der Waals surface area contributed by atoms with Gasteiger partial charge in [0.1, 0.15) is 5.01 Å². The van der Waals surface area contributed by atoms with Crippen molar-refractivity contribution in [1.29, 1.82) is 0 Å². The van der Waals surface area contributed by atoms with Gasteiger partial charge >= 0.3 is 12.0 Å². The maximum atomic E-state index is 12.6. The van der Waals surface area contributed by atoms with Crippen LogP contribution in [0, 0.1) is 0 Å². The normalized spacial score (nSPS) is 10.4. The number of esters is 1. The molecule has 0 saturated heterocycles. The molecule has 0 radical (unpaired) electrons. The lowest BCUT2D eigenvalue weighted by molar-refractivity contribution is 0.0594. The molecule has 0 aliphatic rings. The third kappa shape index (κ3) is 6.12. The van der Waals surface area contributed by atoms with Crippen LogP contribution in [0.15, 0.2) is 35.7 Å². The molecule has 2 amide bonds. The van der Waals surface area contributed by atoms with Crippen LogP contribution in [0.3, 0.4) is 0 Å². The Morgan fingerprint density at radius 1 is 1.23 bits per heavy atom. The molecule has 1 N–H and O–H groups in total. The highest BCUT2D eigenvalue weighted by Gasteiger charge is 2.17. The van der Waals surface area contributed by atoms with E-state index in [1.54, 1.807) is 17.4 Å². The Morgan fingerprint density at radius 2 is 2.00 bits per heavy atom. The number of rotatable bonds is 9. The van der Waals surface area contributed by atoms with Crippen molar-refractivity contribution in [3.05, 3.63) is 52.0 Å². The van der Waals surface area contributed by atoms with E-state index in [4.69, 9.17) is 4.74 Å². The van der Waals surface area contributed by atoms with Gasteiger partial charge in [0.05, 0.1) is 13.7 Å². The summed E-state index contributed by atoms with van der Waals surface area (Å²) in [6.07, 6.45) is 0.713. The minimum atomic E-state index is -0.480. The largest absolute Gasteiger partial charge is 0.464 e. The molecule has 0 bridgehead atoms. The number of hydrogen-bond acceptors (Lipinski definition) is 6. The van der Waals surface area contributed by atoms with Crippen LogP contribution in [0.25, 0.3) is 0 Å². The Bertz CT molecular complexity index is 705. The molecule has 2 aromatic rings. The first-order valence-corrected chi connectivity index (χ1v) is 9.10. The first kappa shape index (κ1) is 19.9. The molecule has 140 valence electrons. The van der Waals surface area contributed by atoms with Crippen LogP contribution in [0.5, 0.6) is 0 Å². The highest BCUT2D eigenvalue weighted by atomic mass is 32.1. The average Bonchev–Trinajstić information content (AvgIpc) is 3.14. The van der Waals surface area contributed by atoms with Crippen molar-refractivity contribution in [2.75, 3.05) is 27.4 Å². The Kier molecular flexibility index (Phi) is 8.04. The van der Waals surface area contributed by atoms with E-state index in [0.717, 1.165) is 5.56 Å². The lowest BCUT2D eigenvalue weighted by Gasteiger charge is -2.22. The number of amides is 2. The zero-order valence-corrected chi connectivity index (χ0v) is 15.8. The fraction of sp³-hybridized carbons (Fsp3) is 0.389. The third-order valence-electron chi connectivity index (χ3n) is 3.62. The summed E-state index contributed by atoms with van der Waals surface area (Å²) in [7, 11) is 2.94. The second kappa shape index (κ2) is 10.5. The number of ether oxygens (including phenoxy) is 2. The van der Waals surface area contributed by atoms with E-state index in [0.29, 0.717) is 37.7 Å². The first-order chi connectivity index (χ1) is 12.6. The molecule has 0 atom stereocenters. The highest BCUT2D eigenvalue weighted by Crippen LogP contribution is 2.14. The van der Waals surface area contributed by atoms with E-state index in [9.17, 15) is 9.59 Å². The van der Waals surface area contributed by atoms with Crippen LogP contribution in [-0.2, 0) is 22.6 Å². The van der Waals surface area contributed by atoms with Crippen LogP contribution < -0.4 is 5.32 Å². The fourth-order valence-corrected chi connectivity index (χ4v) is 3.06. The minimum Gasteiger partial charge on any atom is -0.464 e. The van der Waals surface area contributed by atoms with Gasteiger partial charge in [-0.05, 0) is 12.0 Å². The molecule has 0 fully saturated rings. The van der Waals surface area contributed by atoms with Gasteiger partial charge in [-0.25, -0.2) is 14.6 Å². The van der Waals surface area contributed by atoms with E-state index < -0.39 is 5.97 Å². The van der Waals surface area contributed by atoms with Crippen LogP contribution in [0.4, 0.5) is 4.79 Å².